The first-order valence-electron chi connectivity index (χ1n) is 5.17. The van der Waals surface area contributed by atoms with Crippen LogP contribution in [0.1, 0.15) is 0 Å². The topological polar surface area (TPSA) is 116 Å². The van der Waals surface area contributed by atoms with Crippen molar-refractivity contribution in [1.29, 1.82) is 0 Å². The van der Waals surface area contributed by atoms with Crippen molar-refractivity contribution in [2.45, 2.75) is 11.1 Å². The molecule has 0 saturated carbocycles. The lowest BCUT2D eigenvalue weighted by Gasteiger charge is -2.16. The summed E-state index contributed by atoms with van der Waals surface area (Å²) in [4.78, 5) is 8.90. The van der Waals surface area contributed by atoms with Gasteiger partial charge in [-0.15, -0.1) is 4.41 Å². The van der Waals surface area contributed by atoms with E-state index in [4.69, 9.17) is 5.84 Å². The van der Waals surface area contributed by atoms with Crippen molar-refractivity contribution in [2.24, 2.45) is 5.84 Å². The molecule has 0 atom stereocenters. The Hall–Kier alpha value is -1.92. The van der Waals surface area contributed by atoms with Crippen LogP contribution < -0.4 is 10.6 Å². The number of ether oxygens (including phenoxy) is 1. The number of sulfonamides is 1. The van der Waals surface area contributed by atoms with Gasteiger partial charge in [-0.1, -0.05) is 0 Å². The quantitative estimate of drug-likeness (QED) is 0.490. The molecule has 12 heteroatoms. The lowest BCUT2D eigenvalue weighted by molar-refractivity contribution is -0.385. The zero-order chi connectivity index (χ0) is 16.4. The number of nitrogens with two attached hydrogens (primary N) is 1. The van der Waals surface area contributed by atoms with E-state index < -0.39 is 44.1 Å². The van der Waals surface area contributed by atoms with E-state index in [1.165, 1.54) is 0 Å². The number of non-ortho nitro benzene ring substituents is 1. The number of hydrazine groups is 1. The van der Waals surface area contributed by atoms with Gasteiger partial charge in [0, 0.05) is 19.2 Å². The number of rotatable bonds is 5. The van der Waals surface area contributed by atoms with Crippen LogP contribution in [-0.4, -0.2) is 37.6 Å². The van der Waals surface area contributed by atoms with E-state index in [0.29, 0.717) is 6.07 Å². The first kappa shape index (κ1) is 17.1. The number of nitro groups is 1. The molecule has 21 heavy (non-hydrogen) atoms. The molecule has 1 rings (SSSR count). The summed E-state index contributed by atoms with van der Waals surface area (Å²) < 4.78 is 64.7. The van der Waals surface area contributed by atoms with Crippen molar-refractivity contribution >= 4 is 15.7 Å². The summed E-state index contributed by atoms with van der Waals surface area (Å²) in [5, 5.41) is 10.6. The number of hydrogen-bond donors (Lipinski definition) is 1. The number of benzene rings is 1. The van der Waals surface area contributed by atoms with Gasteiger partial charge >= 0.3 is 6.18 Å². The van der Waals surface area contributed by atoms with E-state index in [-0.39, 0.29) is 4.41 Å². The zero-order valence-electron chi connectivity index (χ0n) is 10.5. The number of alkyl halides is 3. The van der Waals surface area contributed by atoms with Gasteiger partial charge < -0.3 is 4.74 Å². The fourth-order valence-corrected chi connectivity index (χ4v) is 2.21. The highest BCUT2D eigenvalue weighted by molar-refractivity contribution is 7.89. The van der Waals surface area contributed by atoms with Gasteiger partial charge in [0.05, 0.1) is 4.92 Å². The Morgan fingerprint density at radius 3 is 2.43 bits per heavy atom. The maximum absolute atomic E-state index is 12.1. The Labute approximate surface area is 117 Å². The van der Waals surface area contributed by atoms with Crippen molar-refractivity contribution < 1.29 is 31.2 Å². The second-order valence-electron chi connectivity index (χ2n) is 3.81. The molecule has 0 saturated heterocycles. The standard InChI is InChI=1S/C9H10F3N3O5S/c1-14(13)21(18,19)8-4-6(15(16)17)2-3-7(8)20-5-9(10,11)12/h2-4H,5,13H2,1H3. The molecule has 0 aliphatic heterocycles. The minimum atomic E-state index is -4.70. The molecule has 0 bridgehead atoms. The molecule has 8 nitrogen and oxygen atoms in total. The molecule has 0 fully saturated rings. The van der Waals surface area contributed by atoms with Crippen LogP contribution in [0.15, 0.2) is 23.1 Å². The van der Waals surface area contributed by atoms with Crippen molar-refractivity contribution in [2.75, 3.05) is 13.7 Å². The maximum Gasteiger partial charge on any atom is 0.422 e. The van der Waals surface area contributed by atoms with Gasteiger partial charge in [-0.05, 0) is 6.07 Å². The van der Waals surface area contributed by atoms with Crippen molar-refractivity contribution in [3.63, 3.8) is 0 Å². The lowest BCUT2D eigenvalue weighted by atomic mass is 10.3. The second kappa shape index (κ2) is 5.83. The fourth-order valence-electron chi connectivity index (χ4n) is 1.25. The highest BCUT2D eigenvalue weighted by Crippen LogP contribution is 2.30. The van der Waals surface area contributed by atoms with Gasteiger partial charge in [-0.3, -0.25) is 16.0 Å². The maximum atomic E-state index is 12.1. The molecule has 0 unspecified atom stereocenters. The van der Waals surface area contributed by atoms with Crippen LogP contribution in [0.25, 0.3) is 0 Å². The summed E-state index contributed by atoms with van der Waals surface area (Å²) in [6.45, 7) is -1.75. The Morgan fingerprint density at radius 1 is 1.43 bits per heavy atom. The van der Waals surface area contributed by atoms with Crippen LogP contribution >= 0.6 is 0 Å². The molecule has 0 amide bonds. The largest absolute Gasteiger partial charge is 0.483 e. The second-order valence-corrected chi connectivity index (χ2v) is 5.78. The number of halogens is 3. The Bertz CT molecular complexity index is 645. The molecule has 0 radical (unpaired) electrons. The molecule has 0 spiro atoms. The average Bonchev–Trinajstić information content (AvgIpc) is 2.34. The third-order valence-corrected chi connectivity index (χ3v) is 3.82. The van der Waals surface area contributed by atoms with Gasteiger partial charge in [-0.2, -0.15) is 13.2 Å². The number of nitro benzene ring substituents is 1. The Balaban J connectivity index is 3.34. The first-order valence-corrected chi connectivity index (χ1v) is 6.61. The van der Waals surface area contributed by atoms with Crippen molar-refractivity contribution in [3.05, 3.63) is 28.3 Å². The minimum Gasteiger partial charge on any atom is -0.483 e. The smallest absolute Gasteiger partial charge is 0.422 e. The van der Waals surface area contributed by atoms with E-state index in [9.17, 15) is 31.7 Å². The van der Waals surface area contributed by atoms with E-state index in [2.05, 4.69) is 4.74 Å². The van der Waals surface area contributed by atoms with Crippen LogP contribution in [0.4, 0.5) is 18.9 Å². The van der Waals surface area contributed by atoms with Crippen molar-refractivity contribution in [3.8, 4) is 5.75 Å². The molecular formula is C9H10F3N3O5S. The molecule has 118 valence electrons. The van der Waals surface area contributed by atoms with Gasteiger partial charge in [0.25, 0.3) is 15.7 Å². The Morgan fingerprint density at radius 2 is 2.00 bits per heavy atom. The molecule has 0 aliphatic carbocycles. The molecular weight excluding hydrogens is 319 g/mol. The summed E-state index contributed by atoms with van der Waals surface area (Å²) in [7, 11) is -3.50. The van der Waals surface area contributed by atoms with Crippen LogP contribution in [0, 0.1) is 10.1 Å². The van der Waals surface area contributed by atoms with Gasteiger partial charge in [-0.25, -0.2) is 8.42 Å². The number of nitrogens with zero attached hydrogens (tertiary/aromatic N) is 2. The summed E-state index contributed by atoms with van der Waals surface area (Å²) in [6, 6.07) is 2.16. The van der Waals surface area contributed by atoms with Gasteiger partial charge in [0.2, 0.25) is 0 Å². The first-order chi connectivity index (χ1) is 9.45. The van der Waals surface area contributed by atoms with E-state index in [1.807, 2.05) is 0 Å². The van der Waals surface area contributed by atoms with Crippen LogP contribution in [0.3, 0.4) is 0 Å². The minimum absolute atomic E-state index is 0.215. The average molecular weight is 329 g/mol. The molecule has 0 aliphatic rings. The highest BCUT2D eigenvalue weighted by atomic mass is 32.2. The van der Waals surface area contributed by atoms with Crippen LogP contribution in [0.2, 0.25) is 0 Å². The van der Waals surface area contributed by atoms with E-state index in [0.717, 1.165) is 19.2 Å². The summed E-state index contributed by atoms with van der Waals surface area (Å²) >= 11 is 0. The van der Waals surface area contributed by atoms with Crippen LogP contribution in [-0.2, 0) is 10.0 Å². The van der Waals surface area contributed by atoms with Crippen LogP contribution in [0.5, 0.6) is 5.75 Å². The third-order valence-electron chi connectivity index (χ3n) is 2.19. The molecule has 0 heterocycles. The predicted molar refractivity (Wildman–Crippen MR) is 63.8 cm³/mol. The zero-order valence-corrected chi connectivity index (χ0v) is 11.3. The summed E-state index contributed by atoms with van der Waals surface area (Å²) in [5.41, 5.74) is -0.630. The Kier molecular flexibility index (Phi) is 4.76. The summed E-state index contributed by atoms with van der Waals surface area (Å²) in [6.07, 6.45) is -4.70. The predicted octanol–water partition coefficient (Wildman–Crippen LogP) is 1.03. The molecule has 1 aromatic carbocycles. The summed E-state index contributed by atoms with van der Waals surface area (Å²) in [5.74, 6) is 4.39. The molecule has 1 aromatic rings. The fraction of sp³-hybridized carbons (Fsp3) is 0.333. The lowest BCUT2D eigenvalue weighted by Crippen LogP contribution is -2.33. The van der Waals surface area contributed by atoms with Gasteiger partial charge in [0.15, 0.2) is 6.61 Å². The monoisotopic (exact) mass is 329 g/mol. The van der Waals surface area contributed by atoms with Gasteiger partial charge in [0.1, 0.15) is 10.6 Å². The highest BCUT2D eigenvalue weighted by Gasteiger charge is 2.31. The SMILES string of the molecule is CN(N)S(=O)(=O)c1cc([N+](=O)[O-])ccc1OCC(F)(F)F. The molecule has 0 aromatic heterocycles. The third kappa shape index (κ3) is 4.27. The van der Waals surface area contributed by atoms with Crippen molar-refractivity contribution in [1.82, 2.24) is 4.41 Å². The van der Waals surface area contributed by atoms with E-state index >= 15 is 0 Å². The number of hydrogen-bond acceptors (Lipinski definition) is 6. The van der Waals surface area contributed by atoms with E-state index in [1.54, 1.807) is 0 Å². The normalized spacial score (nSPS) is 12.5. The molecule has 2 N–H and O–H groups in total.